The molecule has 0 bridgehead atoms. The van der Waals surface area contributed by atoms with E-state index < -0.39 is 0 Å². The van der Waals surface area contributed by atoms with E-state index in [2.05, 4.69) is 47.6 Å². The summed E-state index contributed by atoms with van der Waals surface area (Å²) < 4.78 is 5.17. The van der Waals surface area contributed by atoms with Crippen molar-refractivity contribution in [3.63, 3.8) is 0 Å². The summed E-state index contributed by atoms with van der Waals surface area (Å²) in [5, 5.41) is 10.7. The molecular weight excluding hydrogens is 288 g/mol. The minimum atomic E-state index is -0.117. The number of aliphatic hydroxyl groups excluding tert-OH is 1. The SMILES string of the molecule is CCCOC(=O)CC[C@H]1C=C(C(C)(C)C)C(O)=C(C(C)(C)C)C1. The zero-order chi connectivity index (χ0) is 17.8. The van der Waals surface area contributed by atoms with Crippen molar-refractivity contribution in [1.29, 1.82) is 0 Å². The number of hydrogen-bond donors (Lipinski definition) is 1. The van der Waals surface area contributed by atoms with Crippen LogP contribution in [0.25, 0.3) is 0 Å². The van der Waals surface area contributed by atoms with Crippen LogP contribution in [0.2, 0.25) is 0 Å². The van der Waals surface area contributed by atoms with Gasteiger partial charge in [-0.1, -0.05) is 54.5 Å². The number of carbonyl (C=O) groups excluding carboxylic acids is 1. The largest absolute Gasteiger partial charge is 0.508 e. The Morgan fingerprint density at radius 1 is 1.22 bits per heavy atom. The maximum Gasteiger partial charge on any atom is 0.305 e. The van der Waals surface area contributed by atoms with Crippen LogP contribution in [-0.2, 0) is 9.53 Å². The molecule has 0 aromatic heterocycles. The molecule has 0 saturated carbocycles. The monoisotopic (exact) mass is 322 g/mol. The van der Waals surface area contributed by atoms with E-state index in [0.717, 1.165) is 30.4 Å². The van der Waals surface area contributed by atoms with Gasteiger partial charge >= 0.3 is 5.97 Å². The van der Waals surface area contributed by atoms with E-state index in [-0.39, 0.29) is 22.7 Å². The Bertz CT molecular complexity index is 484. The van der Waals surface area contributed by atoms with E-state index in [1.54, 1.807) is 0 Å². The normalized spacial score (nSPS) is 19.6. The van der Waals surface area contributed by atoms with Crippen molar-refractivity contribution in [1.82, 2.24) is 0 Å². The first-order valence-corrected chi connectivity index (χ1v) is 8.77. The van der Waals surface area contributed by atoms with Crippen LogP contribution in [0.1, 0.15) is 74.1 Å². The fourth-order valence-corrected chi connectivity index (χ4v) is 2.94. The minimum Gasteiger partial charge on any atom is -0.508 e. The first-order valence-electron chi connectivity index (χ1n) is 8.77. The van der Waals surface area contributed by atoms with E-state index in [1.165, 1.54) is 0 Å². The molecule has 0 heterocycles. The highest BCUT2D eigenvalue weighted by Gasteiger charge is 2.33. The molecule has 0 aromatic carbocycles. The maximum absolute atomic E-state index is 11.8. The van der Waals surface area contributed by atoms with Gasteiger partial charge in [-0.3, -0.25) is 4.79 Å². The molecule has 0 aliphatic heterocycles. The fraction of sp³-hybridized carbons (Fsp3) is 0.750. The first-order chi connectivity index (χ1) is 10.5. The van der Waals surface area contributed by atoms with Crippen molar-refractivity contribution in [3.05, 3.63) is 23.0 Å². The van der Waals surface area contributed by atoms with Crippen LogP contribution in [0.15, 0.2) is 23.0 Å². The van der Waals surface area contributed by atoms with Crippen LogP contribution in [0.4, 0.5) is 0 Å². The van der Waals surface area contributed by atoms with Gasteiger partial charge < -0.3 is 9.84 Å². The lowest BCUT2D eigenvalue weighted by Crippen LogP contribution is -2.24. The smallest absolute Gasteiger partial charge is 0.305 e. The van der Waals surface area contributed by atoms with Crippen LogP contribution in [0.3, 0.4) is 0 Å². The van der Waals surface area contributed by atoms with Crippen LogP contribution in [-0.4, -0.2) is 17.7 Å². The van der Waals surface area contributed by atoms with Crippen molar-refractivity contribution in [2.45, 2.75) is 74.1 Å². The molecule has 23 heavy (non-hydrogen) atoms. The van der Waals surface area contributed by atoms with Crippen LogP contribution < -0.4 is 0 Å². The Morgan fingerprint density at radius 2 is 1.83 bits per heavy atom. The molecule has 3 heteroatoms. The summed E-state index contributed by atoms with van der Waals surface area (Å²) in [6, 6.07) is 0. The second-order valence-corrected chi connectivity index (χ2v) is 8.63. The van der Waals surface area contributed by atoms with Gasteiger partial charge in [-0.05, 0) is 47.2 Å². The Labute approximate surface area is 141 Å². The molecule has 0 radical (unpaired) electrons. The highest BCUT2D eigenvalue weighted by atomic mass is 16.5. The van der Waals surface area contributed by atoms with Gasteiger partial charge in [0.25, 0.3) is 0 Å². The van der Waals surface area contributed by atoms with Crippen molar-refractivity contribution in [2.24, 2.45) is 16.7 Å². The lowest BCUT2D eigenvalue weighted by molar-refractivity contribution is -0.143. The zero-order valence-corrected chi connectivity index (χ0v) is 16.0. The molecule has 1 N–H and O–H groups in total. The third-order valence-electron chi connectivity index (χ3n) is 4.31. The molecule has 0 spiro atoms. The van der Waals surface area contributed by atoms with E-state index >= 15 is 0 Å². The maximum atomic E-state index is 11.8. The molecule has 1 atom stereocenters. The molecule has 1 aliphatic rings. The summed E-state index contributed by atoms with van der Waals surface area (Å²) in [6.45, 7) is 15.3. The summed E-state index contributed by atoms with van der Waals surface area (Å²) in [6.07, 6.45) is 5.05. The number of hydrogen-bond acceptors (Lipinski definition) is 3. The highest BCUT2D eigenvalue weighted by Crippen LogP contribution is 2.44. The number of aliphatic hydroxyl groups is 1. The van der Waals surface area contributed by atoms with Crippen LogP contribution in [0, 0.1) is 16.7 Å². The average molecular weight is 322 g/mol. The van der Waals surface area contributed by atoms with E-state index in [0.29, 0.717) is 18.8 Å². The van der Waals surface area contributed by atoms with Gasteiger partial charge in [0, 0.05) is 6.42 Å². The Balaban J connectivity index is 2.92. The molecule has 0 amide bonds. The standard InChI is InChI=1S/C20H34O3/c1-8-11-23-17(21)10-9-14-12-15(19(2,3)4)18(22)16(13-14)20(5,6)7/h12,14,22H,8-11,13H2,1-7H3/t14-/m0/s1. The van der Waals surface area contributed by atoms with E-state index in [9.17, 15) is 9.90 Å². The topological polar surface area (TPSA) is 46.5 Å². The molecule has 0 aromatic rings. The highest BCUT2D eigenvalue weighted by molar-refractivity contribution is 5.69. The quantitative estimate of drug-likeness (QED) is 0.673. The Kier molecular flexibility index (Phi) is 6.49. The molecule has 0 unspecified atom stereocenters. The summed E-state index contributed by atoms with van der Waals surface area (Å²) in [5.74, 6) is 0.618. The fourth-order valence-electron chi connectivity index (χ4n) is 2.94. The lowest BCUT2D eigenvalue weighted by Gasteiger charge is -2.35. The third kappa shape index (κ3) is 5.71. The second kappa shape index (κ2) is 7.55. The molecule has 0 fully saturated rings. The predicted octanol–water partition coefficient (Wildman–Crippen LogP) is 5.57. The third-order valence-corrected chi connectivity index (χ3v) is 4.31. The number of allylic oxidation sites excluding steroid dienone is 3. The van der Waals surface area contributed by atoms with Crippen molar-refractivity contribution in [2.75, 3.05) is 6.61 Å². The summed E-state index contributed by atoms with van der Waals surface area (Å²) in [7, 11) is 0. The Hall–Kier alpha value is -1.25. The molecule has 132 valence electrons. The van der Waals surface area contributed by atoms with E-state index in [4.69, 9.17) is 4.74 Å². The molecule has 3 nitrogen and oxygen atoms in total. The van der Waals surface area contributed by atoms with Crippen LogP contribution in [0.5, 0.6) is 0 Å². The van der Waals surface area contributed by atoms with Crippen molar-refractivity contribution < 1.29 is 14.6 Å². The van der Waals surface area contributed by atoms with Gasteiger partial charge in [-0.15, -0.1) is 0 Å². The van der Waals surface area contributed by atoms with Crippen LogP contribution >= 0.6 is 0 Å². The number of carbonyl (C=O) groups is 1. The van der Waals surface area contributed by atoms with Gasteiger partial charge in [0.15, 0.2) is 0 Å². The summed E-state index contributed by atoms with van der Waals surface area (Å²) >= 11 is 0. The number of rotatable bonds is 5. The van der Waals surface area contributed by atoms with Gasteiger partial charge in [0.2, 0.25) is 0 Å². The predicted molar refractivity (Wildman–Crippen MR) is 95.2 cm³/mol. The summed E-state index contributed by atoms with van der Waals surface area (Å²) in [4.78, 5) is 11.8. The lowest BCUT2D eigenvalue weighted by atomic mass is 9.70. The molecule has 1 rings (SSSR count). The second-order valence-electron chi connectivity index (χ2n) is 8.63. The van der Waals surface area contributed by atoms with Gasteiger partial charge in [-0.25, -0.2) is 0 Å². The van der Waals surface area contributed by atoms with Gasteiger partial charge in [0.05, 0.1) is 6.61 Å². The van der Waals surface area contributed by atoms with Crippen molar-refractivity contribution >= 4 is 5.97 Å². The zero-order valence-electron chi connectivity index (χ0n) is 16.0. The van der Waals surface area contributed by atoms with E-state index in [1.807, 2.05) is 6.92 Å². The Morgan fingerprint density at radius 3 is 2.30 bits per heavy atom. The summed E-state index contributed by atoms with van der Waals surface area (Å²) in [5.41, 5.74) is 1.91. The van der Waals surface area contributed by atoms with Gasteiger partial charge in [0.1, 0.15) is 5.76 Å². The average Bonchev–Trinajstić information content (AvgIpc) is 2.41. The number of esters is 1. The molecule has 0 saturated heterocycles. The number of ether oxygens (including phenoxy) is 1. The van der Waals surface area contributed by atoms with Gasteiger partial charge in [-0.2, -0.15) is 0 Å². The van der Waals surface area contributed by atoms with Crippen molar-refractivity contribution in [3.8, 4) is 0 Å². The molecular formula is C20H34O3. The minimum absolute atomic E-state index is 0.0736. The first kappa shape index (κ1) is 19.8. The molecule has 1 aliphatic carbocycles.